The van der Waals surface area contributed by atoms with Crippen LogP contribution >= 0.6 is 11.6 Å². The van der Waals surface area contributed by atoms with Gasteiger partial charge in [-0.2, -0.15) is 0 Å². The van der Waals surface area contributed by atoms with Crippen molar-refractivity contribution in [3.63, 3.8) is 0 Å². The van der Waals surface area contributed by atoms with Crippen molar-refractivity contribution in [1.29, 1.82) is 0 Å². The van der Waals surface area contributed by atoms with Gasteiger partial charge in [-0.3, -0.25) is 14.4 Å². The van der Waals surface area contributed by atoms with Crippen molar-refractivity contribution < 1.29 is 19.1 Å². The molecule has 1 aromatic rings. The Bertz CT molecular complexity index is 798. The van der Waals surface area contributed by atoms with E-state index in [1.807, 2.05) is 13.8 Å². The van der Waals surface area contributed by atoms with Gasteiger partial charge in [-0.15, -0.1) is 0 Å². The van der Waals surface area contributed by atoms with Gasteiger partial charge in [-0.1, -0.05) is 11.6 Å². The van der Waals surface area contributed by atoms with Crippen LogP contribution in [0.15, 0.2) is 18.2 Å². The number of nitrogens with zero attached hydrogens (tertiary/aromatic N) is 3. The summed E-state index contributed by atoms with van der Waals surface area (Å²) >= 11 is 6.06. The predicted molar refractivity (Wildman–Crippen MR) is 110 cm³/mol. The monoisotopic (exact) mass is 421 g/mol. The van der Waals surface area contributed by atoms with Crippen molar-refractivity contribution in [3.8, 4) is 5.75 Å². The second kappa shape index (κ2) is 9.03. The highest BCUT2D eigenvalue weighted by Crippen LogP contribution is 2.26. The lowest BCUT2D eigenvalue weighted by Crippen LogP contribution is -2.41. The average molecular weight is 422 g/mol. The fraction of sp³-hybridized carbons (Fsp3) is 0.571. The van der Waals surface area contributed by atoms with Crippen molar-refractivity contribution >= 4 is 29.3 Å². The van der Waals surface area contributed by atoms with Gasteiger partial charge in [0.2, 0.25) is 11.8 Å². The highest BCUT2D eigenvalue weighted by molar-refractivity contribution is 6.31. The van der Waals surface area contributed by atoms with Crippen molar-refractivity contribution in [2.75, 3.05) is 39.8 Å². The zero-order chi connectivity index (χ0) is 21.1. The van der Waals surface area contributed by atoms with Crippen LogP contribution in [0.1, 0.15) is 37.0 Å². The van der Waals surface area contributed by atoms with Crippen LogP contribution < -0.4 is 4.74 Å². The summed E-state index contributed by atoms with van der Waals surface area (Å²) in [6, 6.07) is 5.08. The Balaban J connectivity index is 1.65. The number of benzene rings is 1. The molecule has 0 aromatic heterocycles. The number of carbonyl (C=O) groups excluding carboxylic acids is 3. The van der Waals surface area contributed by atoms with E-state index < -0.39 is 0 Å². The molecule has 1 atom stereocenters. The molecule has 2 aliphatic heterocycles. The minimum absolute atomic E-state index is 0.0103. The predicted octanol–water partition coefficient (Wildman–Crippen LogP) is 2.28. The number of hydrogen-bond donors (Lipinski definition) is 0. The van der Waals surface area contributed by atoms with E-state index in [1.54, 1.807) is 32.9 Å². The van der Waals surface area contributed by atoms with Gasteiger partial charge in [-0.25, -0.2) is 0 Å². The summed E-state index contributed by atoms with van der Waals surface area (Å²) in [7, 11) is 1.52. The molecular weight excluding hydrogens is 394 g/mol. The lowest BCUT2D eigenvalue weighted by atomic mass is 10.1. The largest absolute Gasteiger partial charge is 0.496 e. The first-order chi connectivity index (χ1) is 13.8. The lowest BCUT2D eigenvalue weighted by molar-refractivity contribution is -0.135. The average Bonchev–Trinajstić information content (AvgIpc) is 2.93. The second-order valence-electron chi connectivity index (χ2n) is 7.86. The molecule has 1 aromatic carbocycles. The van der Waals surface area contributed by atoms with Gasteiger partial charge >= 0.3 is 0 Å². The molecule has 2 saturated heterocycles. The van der Waals surface area contributed by atoms with Crippen molar-refractivity contribution in [2.24, 2.45) is 5.92 Å². The number of ether oxygens (including phenoxy) is 1. The van der Waals surface area contributed by atoms with Crippen molar-refractivity contribution in [3.05, 3.63) is 28.8 Å². The van der Waals surface area contributed by atoms with E-state index in [0.29, 0.717) is 55.5 Å². The minimum Gasteiger partial charge on any atom is -0.496 e. The first kappa shape index (κ1) is 21.4. The summed E-state index contributed by atoms with van der Waals surface area (Å²) < 4.78 is 5.30. The van der Waals surface area contributed by atoms with Crippen LogP contribution in [0, 0.1) is 5.92 Å². The minimum atomic E-state index is -0.292. The fourth-order valence-electron chi connectivity index (χ4n) is 4.01. The quantitative estimate of drug-likeness (QED) is 0.747. The van der Waals surface area contributed by atoms with Crippen LogP contribution in [0.2, 0.25) is 5.02 Å². The third kappa shape index (κ3) is 4.66. The Kier molecular flexibility index (Phi) is 6.67. The van der Waals surface area contributed by atoms with E-state index in [-0.39, 0.29) is 36.1 Å². The maximum Gasteiger partial charge on any atom is 0.257 e. The van der Waals surface area contributed by atoms with E-state index >= 15 is 0 Å². The van der Waals surface area contributed by atoms with Crippen LogP contribution in [0.3, 0.4) is 0 Å². The van der Waals surface area contributed by atoms with Gasteiger partial charge in [0, 0.05) is 50.2 Å². The zero-order valence-electron chi connectivity index (χ0n) is 17.2. The first-order valence-electron chi connectivity index (χ1n) is 10.0. The SMILES string of the molecule is COc1ccc(Cl)cc1C(=O)N1CCCN(C(=O)C2CC(=O)N(C(C)C)C2)CC1. The number of rotatable bonds is 4. The van der Waals surface area contributed by atoms with Gasteiger partial charge < -0.3 is 19.4 Å². The Labute approximate surface area is 176 Å². The van der Waals surface area contributed by atoms with E-state index in [4.69, 9.17) is 16.3 Å². The topological polar surface area (TPSA) is 70.2 Å². The second-order valence-corrected chi connectivity index (χ2v) is 8.29. The van der Waals surface area contributed by atoms with E-state index in [9.17, 15) is 14.4 Å². The van der Waals surface area contributed by atoms with E-state index in [1.165, 1.54) is 7.11 Å². The first-order valence-corrected chi connectivity index (χ1v) is 10.4. The van der Waals surface area contributed by atoms with Crippen LogP contribution in [0.25, 0.3) is 0 Å². The maximum absolute atomic E-state index is 13.0. The summed E-state index contributed by atoms with van der Waals surface area (Å²) in [6.45, 7) is 6.44. The molecule has 7 nitrogen and oxygen atoms in total. The van der Waals surface area contributed by atoms with E-state index in [0.717, 1.165) is 0 Å². The highest BCUT2D eigenvalue weighted by atomic mass is 35.5. The van der Waals surface area contributed by atoms with E-state index in [2.05, 4.69) is 0 Å². The summed E-state index contributed by atoms with van der Waals surface area (Å²) in [5.41, 5.74) is 0.425. The molecular formula is C21H28ClN3O4. The molecule has 2 fully saturated rings. The zero-order valence-corrected chi connectivity index (χ0v) is 17.9. The summed E-state index contributed by atoms with van der Waals surface area (Å²) in [6.07, 6.45) is 0.963. The molecule has 0 radical (unpaired) electrons. The number of amides is 3. The highest BCUT2D eigenvalue weighted by Gasteiger charge is 2.38. The number of methoxy groups -OCH3 is 1. The van der Waals surface area contributed by atoms with Crippen LogP contribution in [0.4, 0.5) is 0 Å². The van der Waals surface area contributed by atoms with Crippen molar-refractivity contribution in [2.45, 2.75) is 32.7 Å². The number of carbonyl (C=O) groups is 3. The molecule has 8 heteroatoms. The number of hydrogen-bond acceptors (Lipinski definition) is 4. The summed E-state index contributed by atoms with van der Waals surface area (Å²) in [4.78, 5) is 43.4. The van der Waals surface area contributed by atoms with Crippen LogP contribution in [-0.4, -0.2) is 78.3 Å². The Morgan fingerprint density at radius 2 is 1.83 bits per heavy atom. The molecule has 0 aliphatic carbocycles. The van der Waals surface area contributed by atoms with Crippen molar-refractivity contribution in [1.82, 2.24) is 14.7 Å². The summed E-state index contributed by atoms with van der Waals surface area (Å²) in [5, 5.41) is 0.474. The number of likely N-dealkylation sites (tertiary alicyclic amines) is 1. The van der Waals surface area contributed by atoms with Gasteiger partial charge in [0.1, 0.15) is 5.75 Å². The third-order valence-corrected chi connectivity index (χ3v) is 5.85. The molecule has 0 bridgehead atoms. The molecule has 0 saturated carbocycles. The molecule has 29 heavy (non-hydrogen) atoms. The fourth-order valence-corrected chi connectivity index (χ4v) is 4.18. The van der Waals surface area contributed by atoms with Crippen LogP contribution in [-0.2, 0) is 9.59 Å². The normalized spacial score (nSPS) is 20.2. The van der Waals surface area contributed by atoms with Gasteiger partial charge in [0.15, 0.2) is 0 Å². The molecule has 0 spiro atoms. The molecule has 3 rings (SSSR count). The molecule has 2 aliphatic rings. The molecule has 0 N–H and O–H groups in total. The maximum atomic E-state index is 13.0. The molecule has 2 heterocycles. The van der Waals surface area contributed by atoms with Gasteiger partial charge in [-0.05, 0) is 38.5 Å². The third-order valence-electron chi connectivity index (χ3n) is 5.62. The molecule has 1 unspecified atom stereocenters. The smallest absolute Gasteiger partial charge is 0.257 e. The summed E-state index contributed by atoms with van der Waals surface area (Å²) in [5.74, 6) is 0.0878. The van der Waals surface area contributed by atoms with Crippen LogP contribution in [0.5, 0.6) is 5.75 Å². The molecule has 158 valence electrons. The number of halogens is 1. The Hall–Kier alpha value is -2.28. The Morgan fingerprint density at radius 3 is 2.48 bits per heavy atom. The standard InChI is InChI=1S/C21H28ClN3O4/c1-14(2)25-13-15(11-19(25)26)20(27)23-7-4-8-24(10-9-23)21(28)17-12-16(22)5-6-18(17)29-3/h5-6,12,14-15H,4,7-11,13H2,1-3H3. The lowest BCUT2D eigenvalue weighted by Gasteiger charge is -2.25. The molecule has 3 amide bonds. The van der Waals surface area contributed by atoms with Gasteiger partial charge in [0.25, 0.3) is 5.91 Å². The van der Waals surface area contributed by atoms with Gasteiger partial charge in [0.05, 0.1) is 18.6 Å². The Morgan fingerprint density at radius 1 is 1.14 bits per heavy atom.